The molecule has 0 bridgehead atoms. The van der Waals surface area contributed by atoms with Gasteiger partial charge in [-0.15, -0.1) is 19.7 Å². The lowest BCUT2D eigenvalue weighted by Gasteiger charge is -2.23. The zero-order valence-corrected chi connectivity index (χ0v) is 12.1. The van der Waals surface area contributed by atoms with Crippen LogP contribution in [0.1, 0.15) is 0 Å². The number of halogens is 1. The van der Waals surface area contributed by atoms with Gasteiger partial charge in [0.15, 0.2) is 14.7 Å². The second kappa shape index (κ2) is 6.29. The zero-order chi connectivity index (χ0) is 14.5. The summed E-state index contributed by atoms with van der Waals surface area (Å²) < 4.78 is 12.4. The van der Waals surface area contributed by atoms with Gasteiger partial charge in [0, 0.05) is 12.7 Å². The molecule has 0 atom stereocenters. The summed E-state index contributed by atoms with van der Waals surface area (Å²) in [6.07, 6.45) is 0. The maximum atomic E-state index is 12.4. The molecule has 0 saturated heterocycles. The van der Waals surface area contributed by atoms with Crippen LogP contribution in [0.3, 0.4) is 0 Å². The van der Waals surface area contributed by atoms with E-state index in [0.29, 0.717) is 5.69 Å². The summed E-state index contributed by atoms with van der Waals surface area (Å²) in [7, 11) is -0.600. The number of carbonyl (C=O) groups excluding carboxylic acids is 1. The normalized spacial score (nSPS) is 10.6. The first-order valence-corrected chi connectivity index (χ1v) is 8.11. The average molecular weight is 275 g/mol. The summed E-state index contributed by atoms with van der Waals surface area (Å²) in [4.78, 5) is 12.7. The van der Waals surface area contributed by atoms with Gasteiger partial charge in [0.25, 0.3) is 5.91 Å². The van der Waals surface area contributed by atoms with Crippen molar-refractivity contribution in [2.75, 3.05) is 18.6 Å². The third kappa shape index (κ3) is 2.90. The molecule has 2 nitrogen and oxygen atoms in total. The van der Waals surface area contributed by atoms with Crippen LogP contribution >= 0.6 is 0 Å². The zero-order valence-electron chi connectivity index (χ0n) is 11.1. The first-order valence-electron chi connectivity index (χ1n) is 5.88. The third-order valence-corrected chi connectivity index (χ3v) is 6.57. The van der Waals surface area contributed by atoms with E-state index in [9.17, 15) is 9.18 Å². The number of hydrogen-bond acceptors (Lipinski definition) is 1. The molecule has 1 rings (SSSR count). The number of benzene rings is 1. The van der Waals surface area contributed by atoms with E-state index < -0.39 is 20.7 Å². The largest absolute Gasteiger partial charge is 0.313 e. The van der Waals surface area contributed by atoms with Crippen LogP contribution in [0.25, 0.3) is 0 Å². The Morgan fingerprint density at radius 2 is 1.89 bits per heavy atom. The fourth-order valence-electron chi connectivity index (χ4n) is 1.82. The average Bonchev–Trinajstić information content (AvgIpc) is 2.48. The van der Waals surface area contributed by atoms with E-state index >= 15 is 0 Å². The minimum Gasteiger partial charge on any atom is -0.313 e. The topological polar surface area (TPSA) is 20.3 Å². The highest BCUT2D eigenvalue weighted by Crippen LogP contribution is 2.15. The van der Waals surface area contributed by atoms with Crippen LogP contribution in [-0.4, -0.2) is 27.7 Å². The van der Waals surface area contributed by atoms with Crippen molar-refractivity contribution in [3.05, 3.63) is 61.1 Å². The molecule has 4 heteroatoms. The molecule has 0 heterocycles. The van der Waals surface area contributed by atoms with Gasteiger partial charge in [-0.1, -0.05) is 29.2 Å². The second-order valence-corrected chi connectivity index (χ2v) is 7.85. The van der Waals surface area contributed by atoms with Crippen molar-refractivity contribution in [3.63, 3.8) is 0 Å². The van der Waals surface area contributed by atoms with Crippen LogP contribution in [0.4, 0.5) is 10.1 Å². The first-order chi connectivity index (χ1) is 9.04. The number of anilines is 1. The second-order valence-electron chi connectivity index (χ2n) is 4.18. The van der Waals surface area contributed by atoms with E-state index in [-0.39, 0.29) is 0 Å². The van der Waals surface area contributed by atoms with Gasteiger partial charge in [-0.3, -0.25) is 4.79 Å². The standard InChI is InChI=1S/C15H18FNOSi/c1-5-19(6-2,7-3)14-10-8-9-13(11-14)17(4)15(18)12-16/h5-11H,1-3,12H2,4H3. The summed E-state index contributed by atoms with van der Waals surface area (Å²) >= 11 is 0. The monoisotopic (exact) mass is 275 g/mol. The van der Waals surface area contributed by atoms with Gasteiger partial charge in [-0.25, -0.2) is 4.39 Å². The molecule has 0 aliphatic carbocycles. The fourth-order valence-corrected chi connectivity index (χ4v) is 3.81. The van der Waals surface area contributed by atoms with Gasteiger partial charge in [0.05, 0.1) is 0 Å². The van der Waals surface area contributed by atoms with Gasteiger partial charge in [-0.05, 0) is 17.3 Å². The molecule has 1 aromatic rings. The summed E-state index contributed by atoms with van der Waals surface area (Å²) in [6, 6.07) is 7.43. The SMILES string of the molecule is C=C[Si](C=C)(C=C)c1cccc(N(C)C(=O)CF)c1. The van der Waals surface area contributed by atoms with Crippen molar-refractivity contribution in [3.8, 4) is 0 Å². The summed E-state index contributed by atoms with van der Waals surface area (Å²) in [5.41, 5.74) is 6.25. The Balaban J connectivity index is 3.27. The molecule has 0 aliphatic heterocycles. The Hall–Kier alpha value is -1.94. The highest BCUT2D eigenvalue weighted by atomic mass is 28.3. The lowest BCUT2D eigenvalue weighted by molar-refractivity contribution is -0.119. The van der Waals surface area contributed by atoms with Gasteiger partial charge in [-0.2, -0.15) is 0 Å². The molecular weight excluding hydrogens is 257 g/mol. The van der Waals surface area contributed by atoms with Crippen LogP contribution in [0.15, 0.2) is 61.1 Å². The minimum atomic E-state index is -2.16. The minimum absolute atomic E-state index is 0.569. The van der Waals surface area contributed by atoms with Gasteiger partial charge in [0.2, 0.25) is 0 Å². The number of hydrogen-bond donors (Lipinski definition) is 0. The van der Waals surface area contributed by atoms with E-state index in [1.165, 1.54) is 4.90 Å². The van der Waals surface area contributed by atoms with Crippen molar-refractivity contribution in [1.29, 1.82) is 0 Å². The number of amides is 1. The Kier molecular flexibility index (Phi) is 5.00. The van der Waals surface area contributed by atoms with Crippen molar-refractivity contribution in [2.45, 2.75) is 0 Å². The summed E-state index contributed by atoms with van der Waals surface area (Å²) in [6.45, 7) is 10.6. The molecule has 0 saturated carbocycles. The predicted molar refractivity (Wildman–Crippen MR) is 81.8 cm³/mol. The van der Waals surface area contributed by atoms with E-state index in [4.69, 9.17) is 0 Å². The first kappa shape index (κ1) is 15.1. The molecule has 1 amide bonds. The number of rotatable bonds is 6. The number of carbonyl (C=O) groups is 1. The van der Waals surface area contributed by atoms with E-state index in [1.807, 2.05) is 35.3 Å². The molecule has 100 valence electrons. The predicted octanol–water partition coefficient (Wildman–Crippen LogP) is 2.45. The van der Waals surface area contributed by atoms with Gasteiger partial charge in [0.1, 0.15) is 0 Å². The van der Waals surface area contributed by atoms with Crippen LogP contribution in [0.5, 0.6) is 0 Å². The molecule has 0 spiro atoms. The molecule has 0 aliphatic rings. The summed E-state index contributed by atoms with van der Waals surface area (Å²) in [5, 5.41) is 1.02. The molecule has 0 fully saturated rings. The Labute approximate surface area is 114 Å². The van der Waals surface area contributed by atoms with Crippen LogP contribution in [-0.2, 0) is 4.79 Å². The van der Waals surface area contributed by atoms with Crippen molar-refractivity contribution >= 4 is 24.9 Å². The van der Waals surface area contributed by atoms with Gasteiger partial charge < -0.3 is 4.90 Å². The van der Waals surface area contributed by atoms with E-state index in [1.54, 1.807) is 13.1 Å². The third-order valence-electron chi connectivity index (χ3n) is 3.24. The lowest BCUT2D eigenvalue weighted by Crippen LogP contribution is -2.43. The maximum absolute atomic E-state index is 12.4. The Morgan fingerprint density at radius 3 is 2.37 bits per heavy atom. The smallest absolute Gasteiger partial charge is 0.258 e. The Bertz CT molecular complexity index is 491. The summed E-state index contributed by atoms with van der Waals surface area (Å²) in [5.74, 6) is -0.569. The van der Waals surface area contributed by atoms with Crippen molar-refractivity contribution < 1.29 is 9.18 Å². The molecule has 0 radical (unpaired) electrons. The highest BCUT2D eigenvalue weighted by molar-refractivity contribution is 7.03. The van der Waals surface area contributed by atoms with E-state index in [0.717, 1.165) is 5.19 Å². The molecule has 0 N–H and O–H groups in total. The highest BCUT2D eigenvalue weighted by Gasteiger charge is 2.25. The molecule has 0 aromatic heterocycles. The molecular formula is C15H18FNOSi. The lowest BCUT2D eigenvalue weighted by atomic mass is 10.3. The number of nitrogens with zero attached hydrogens (tertiary/aromatic N) is 1. The van der Waals surface area contributed by atoms with E-state index in [2.05, 4.69) is 19.7 Å². The van der Waals surface area contributed by atoms with Crippen LogP contribution in [0, 0.1) is 0 Å². The molecule has 19 heavy (non-hydrogen) atoms. The molecule has 0 unspecified atom stereocenters. The maximum Gasteiger partial charge on any atom is 0.258 e. The van der Waals surface area contributed by atoms with Crippen molar-refractivity contribution in [2.24, 2.45) is 0 Å². The van der Waals surface area contributed by atoms with Gasteiger partial charge >= 0.3 is 0 Å². The number of alkyl halides is 1. The fraction of sp³-hybridized carbons (Fsp3) is 0.133. The quantitative estimate of drug-likeness (QED) is 0.730. The van der Waals surface area contributed by atoms with Crippen LogP contribution < -0.4 is 10.1 Å². The van der Waals surface area contributed by atoms with Crippen molar-refractivity contribution in [1.82, 2.24) is 0 Å². The molecule has 1 aromatic carbocycles. The Morgan fingerprint density at radius 1 is 1.32 bits per heavy atom. The van der Waals surface area contributed by atoms with Crippen LogP contribution in [0.2, 0.25) is 0 Å².